The van der Waals surface area contributed by atoms with Crippen LogP contribution in [-0.2, 0) is 14.6 Å². The topological polar surface area (TPSA) is 90.3 Å². The molecule has 178 valence electrons. The molecule has 2 aromatic rings. The molecule has 0 radical (unpaired) electrons. The zero-order valence-corrected chi connectivity index (χ0v) is 19.5. The molecule has 0 spiro atoms. The number of nitrogens with one attached hydrogen (secondary N) is 2. The zero-order valence-electron chi connectivity index (χ0n) is 17.9. The number of piperidine rings is 1. The number of sulfone groups is 1. The summed E-state index contributed by atoms with van der Waals surface area (Å²) >= 11 is 1.14. The molecule has 2 heterocycles. The molecular formula is C22H24F3N3O3S2. The summed E-state index contributed by atoms with van der Waals surface area (Å²) in [6, 6.07) is 9.52. The molecule has 1 aliphatic heterocycles. The van der Waals surface area contributed by atoms with Gasteiger partial charge in [0.2, 0.25) is 5.91 Å². The molecule has 1 amide bonds. The van der Waals surface area contributed by atoms with Gasteiger partial charge in [-0.1, -0.05) is 12.1 Å². The van der Waals surface area contributed by atoms with Crippen molar-refractivity contribution in [1.29, 1.82) is 5.41 Å². The first-order valence-corrected chi connectivity index (χ1v) is 13.0. The standard InChI is InChI=1S/C22H24F3N3O3S2/c1-33(30,31)16-7-5-6-15(12-16)18-8-9-19(32-18)17(13-20(26)22(23,24)25)27-14-21(29)28-10-3-2-4-11-28/h5-9,12-13,26-27H,2-4,10-11,14H2,1H3/b17-13-,26-20?. The molecule has 1 aromatic heterocycles. The van der Waals surface area contributed by atoms with E-state index in [1.54, 1.807) is 29.2 Å². The molecule has 0 atom stereocenters. The third-order valence-corrected chi connectivity index (χ3v) is 7.43. The fraction of sp³-hybridized carbons (Fsp3) is 0.364. The van der Waals surface area contributed by atoms with Crippen LogP contribution in [0, 0.1) is 5.41 Å². The number of hydrogen-bond acceptors (Lipinski definition) is 6. The van der Waals surface area contributed by atoms with E-state index in [1.807, 2.05) is 0 Å². The first-order chi connectivity index (χ1) is 15.4. The van der Waals surface area contributed by atoms with E-state index in [0.29, 0.717) is 34.5 Å². The van der Waals surface area contributed by atoms with Crippen LogP contribution in [0.25, 0.3) is 16.1 Å². The lowest BCUT2D eigenvalue weighted by molar-refractivity contribution is -0.130. The van der Waals surface area contributed by atoms with Gasteiger partial charge in [0, 0.05) is 24.2 Å². The van der Waals surface area contributed by atoms with E-state index in [0.717, 1.165) is 36.9 Å². The van der Waals surface area contributed by atoms with E-state index < -0.39 is 21.7 Å². The zero-order chi connectivity index (χ0) is 24.2. The predicted octanol–water partition coefficient (Wildman–Crippen LogP) is 4.34. The highest BCUT2D eigenvalue weighted by atomic mass is 32.2. The first-order valence-electron chi connectivity index (χ1n) is 10.2. The van der Waals surface area contributed by atoms with Gasteiger partial charge in [-0.2, -0.15) is 13.2 Å². The Hall–Kier alpha value is -2.66. The van der Waals surface area contributed by atoms with Crippen LogP contribution in [0.2, 0.25) is 0 Å². The maximum atomic E-state index is 13.0. The molecule has 33 heavy (non-hydrogen) atoms. The summed E-state index contributed by atoms with van der Waals surface area (Å²) < 4.78 is 62.7. The average molecular weight is 500 g/mol. The van der Waals surface area contributed by atoms with E-state index in [2.05, 4.69) is 5.32 Å². The van der Waals surface area contributed by atoms with Gasteiger partial charge >= 0.3 is 6.18 Å². The van der Waals surface area contributed by atoms with Gasteiger partial charge in [-0.3, -0.25) is 10.2 Å². The van der Waals surface area contributed by atoms with E-state index >= 15 is 0 Å². The molecule has 0 saturated carbocycles. The fourth-order valence-corrected chi connectivity index (χ4v) is 5.04. The lowest BCUT2D eigenvalue weighted by Crippen LogP contribution is -2.40. The number of carbonyl (C=O) groups excluding carboxylic acids is 1. The van der Waals surface area contributed by atoms with Crippen LogP contribution in [0.4, 0.5) is 13.2 Å². The predicted molar refractivity (Wildman–Crippen MR) is 123 cm³/mol. The number of likely N-dealkylation sites (tertiary alicyclic amines) is 1. The Balaban J connectivity index is 1.87. The van der Waals surface area contributed by atoms with Crippen molar-refractivity contribution in [3.8, 4) is 10.4 Å². The number of amides is 1. The molecular weight excluding hydrogens is 475 g/mol. The van der Waals surface area contributed by atoms with Gasteiger partial charge in [-0.15, -0.1) is 11.3 Å². The number of nitrogens with zero attached hydrogens (tertiary/aromatic N) is 1. The van der Waals surface area contributed by atoms with E-state index in [9.17, 15) is 26.4 Å². The van der Waals surface area contributed by atoms with Crippen LogP contribution in [0.3, 0.4) is 0 Å². The van der Waals surface area contributed by atoms with Crippen LogP contribution >= 0.6 is 11.3 Å². The smallest absolute Gasteiger partial charge is 0.375 e. The van der Waals surface area contributed by atoms with Crippen LogP contribution < -0.4 is 5.32 Å². The summed E-state index contributed by atoms with van der Waals surface area (Å²) in [5.41, 5.74) is -0.925. The van der Waals surface area contributed by atoms with Crippen LogP contribution in [0.5, 0.6) is 0 Å². The molecule has 1 aliphatic rings. The van der Waals surface area contributed by atoms with E-state index in [4.69, 9.17) is 5.41 Å². The highest BCUT2D eigenvalue weighted by Crippen LogP contribution is 2.33. The molecule has 1 fully saturated rings. The van der Waals surface area contributed by atoms with Crippen molar-refractivity contribution in [3.05, 3.63) is 47.4 Å². The van der Waals surface area contributed by atoms with Crippen molar-refractivity contribution >= 4 is 38.5 Å². The molecule has 3 rings (SSSR count). The van der Waals surface area contributed by atoms with Crippen molar-refractivity contribution in [3.63, 3.8) is 0 Å². The molecule has 2 N–H and O–H groups in total. The summed E-state index contributed by atoms with van der Waals surface area (Å²) in [6.07, 6.45) is -0.218. The number of allylic oxidation sites excluding steroid dienone is 1. The molecule has 0 bridgehead atoms. The van der Waals surface area contributed by atoms with Gasteiger partial charge in [0.25, 0.3) is 0 Å². The van der Waals surface area contributed by atoms with Crippen molar-refractivity contribution in [2.75, 3.05) is 25.9 Å². The summed E-state index contributed by atoms with van der Waals surface area (Å²) in [7, 11) is -3.42. The van der Waals surface area contributed by atoms with Gasteiger partial charge < -0.3 is 10.2 Å². The molecule has 11 heteroatoms. The van der Waals surface area contributed by atoms with Crippen LogP contribution in [0.1, 0.15) is 24.1 Å². The minimum atomic E-state index is -4.83. The summed E-state index contributed by atoms with van der Waals surface area (Å²) in [5, 5.41) is 10.2. The number of alkyl halides is 3. The fourth-order valence-electron chi connectivity index (χ4n) is 3.38. The third-order valence-electron chi connectivity index (χ3n) is 5.15. The van der Waals surface area contributed by atoms with Crippen molar-refractivity contribution < 1.29 is 26.4 Å². The Morgan fingerprint density at radius 3 is 2.52 bits per heavy atom. The molecule has 1 aromatic carbocycles. The second kappa shape index (κ2) is 10.1. The number of thiophene rings is 1. The Morgan fingerprint density at radius 1 is 1.18 bits per heavy atom. The number of rotatable bonds is 7. The summed E-state index contributed by atoms with van der Waals surface area (Å²) in [4.78, 5) is 15.3. The van der Waals surface area contributed by atoms with Crippen molar-refractivity contribution in [2.45, 2.75) is 30.3 Å². The van der Waals surface area contributed by atoms with Crippen LogP contribution in [-0.4, -0.2) is 57.0 Å². The van der Waals surface area contributed by atoms with E-state index in [1.165, 1.54) is 12.1 Å². The second-order valence-electron chi connectivity index (χ2n) is 7.73. The monoisotopic (exact) mass is 499 g/mol. The summed E-state index contributed by atoms with van der Waals surface area (Å²) in [6.45, 7) is 1.06. The van der Waals surface area contributed by atoms with Gasteiger partial charge in [0.15, 0.2) is 9.84 Å². The highest BCUT2D eigenvalue weighted by molar-refractivity contribution is 7.90. The van der Waals surface area contributed by atoms with E-state index in [-0.39, 0.29) is 23.0 Å². The number of hydrogen-bond donors (Lipinski definition) is 2. The Morgan fingerprint density at radius 2 is 1.88 bits per heavy atom. The van der Waals surface area contributed by atoms with Crippen LogP contribution in [0.15, 0.2) is 47.4 Å². The highest BCUT2D eigenvalue weighted by Gasteiger charge is 2.33. The molecule has 0 aliphatic carbocycles. The lowest BCUT2D eigenvalue weighted by Gasteiger charge is -2.27. The third kappa shape index (κ3) is 6.67. The summed E-state index contributed by atoms with van der Waals surface area (Å²) in [5.74, 6) is -0.211. The Bertz CT molecular complexity index is 1160. The molecule has 1 saturated heterocycles. The van der Waals surface area contributed by atoms with Crippen molar-refractivity contribution in [2.24, 2.45) is 0 Å². The maximum Gasteiger partial charge on any atom is 0.432 e. The average Bonchev–Trinajstić information content (AvgIpc) is 3.26. The largest absolute Gasteiger partial charge is 0.432 e. The lowest BCUT2D eigenvalue weighted by atomic mass is 10.1. The number of benzene rings is 1. The van der Waals surface area contributed by atoms with Gasteiger partial charge in [-0.25, -0.2) is 8.42 Å². The second-order valence-corrected chi connectivity index (χ2v) is 10.8. The van der Waals surface area contributed by atoms with Gasteiger partial charge in [-0.05, 0) is 55.2 Å². The van der Waals surface area contributed by atoms with Gasteiger partial charge in [0.1, 0.15) is 5.71 Å². The quantitative estimate of drug-likeness (QED) is 0.555. The molecule has 6 nitrogen and oxygen atoms in total. The maximum absolute atomic E-state index is 13.0. The normalized spacial score (nSPS) is 15.4. The number of carbonyl (C=O) groups is 1. The van der Waals surface area contributed by atoms with Gasteiger partial charge in [0.05, 0.1) is 22.0 Å². The Kier molecular flexibility index (Phi) is 7.63. The minimum absolute atomic E-state index is 0.0122. The first kappa shape index (κ1) is 25.0. The SMILES string of the molecule is CS(=O)(=O)c1cccc(-c2ccc(/C(=C/C(=N)C(F)(F)F)NCC(=O)N3CCCCC3)s2)c1. The number of halogens is 3. The molecule has 0 unspecified atom stereocenters. The minimum Gasteiger partial charge on any atom is -0.375 e. The Labute approximate surface area is 194 Å². The van der Waals surface area contributed by atoms with Crippen molar-refractivity contribution in [1.82, 2.24) is 10.2 Å².